The van der Waals surface area contributed by atoms with Gasteiger partial charge in [-0.3, -0.25) is 4.79 Å². The van der Waals surface area contributed by atoms with Crippen molar-refractivity contribution in [3.63, 3.8) is 0 Å². The van der Waals surface area contributed by atoms with Gasteiger partial charge in [0, 0.05) is 30.9 Å². The second-order valence-electron chi connectivity index (χ2n) is 7.79. The predicted octanol–water partition coefficient (Wildman–Crippen LogP) is 4.22. The summed E-state index contributed by atoms with van der Waals surface area (Å²) >= 11 is 0. The van der Waals surface area contributed by atoms with E-state index in [0.717, 1.165) is 5.56 Å². The number of anilines is 1. The molecule has 3 amide bonds. The number of urea groups is 1. The van der Waals surface area contributed by atoms with E-state index < -0.39 is 0 Å². The van der Waals surface area contributed by atoms with Gasteiger partial charge in [-0.1, -0.05) is 36.4 Å². The van der Waals surface area contributed by atoms with Crippen LogP contribution in [-0.2, 0) is 19.5 Å². The lowest BCUT2D eigenvalue weighted by Crippen LogP contribution is -2.30. The van der Waals surface area contributed by atoms with Crippen LogP contribution in [-0.4, -0.2) is 37.6 Å². The topological polar surface area (TPSA) is 79.9 Å². The van der Waals surface area contributed by atoms with Crippen LogP contribution >= 0.6 is 0 Å². The third-order valence-corrected chi connectivity index (χ3v) is 5.69. The summed E-state index contributed by atoms with van der Waals surface area (Å²) in [6, 6.07) is 20.5. The van der Waals surface area contributed by atoms with Crippen LogP contribution in [0.4, 0.5) is 10.5 Å². The van der Waals surface area contributed by atoms with Crippen LogP contribution in [0.3, 0.4) is 0 Å². The number of nitrogens with one attached hydrogen (secondary N) is 2. The highest BCUT2D eigenvalue weighted by Gasteiger charge is 2.22. The molecule has 1 aliphatic heterocycles. The maximum atomic E-state index is 12.6. The van der Waals surface area contributed by atoms with Gasteiger partial charge in [0.15, 0.2) is 11.5 Å². The Bertz CT molecular complexity index is 1120. The fourth-order valence-corrected chi connectivity index (χ4v) is 3.95. The molecule has 1 heterocycles. The molecule has 0 saturated carbocycles. The average molecular weight is 446 g/mol. The van der Waals surface area contributed by atoms with Crippen molar-refractivity contribution in [2.45, 2.75) is 19.5 Å². The minimum absolute atomic E-state index is 0.157. The number of benzene rings is 3. The fourth-order valence-electron chi connectivity index (χ4n) is 3.95. The first-order valence-corrected chi connectivity index (χ1v) is 10.8. The summed E-state index contributed by atoms with van der Waals surface area (Å²) in [6.07, 6.45) is 0.610. The van der Waals surface area contributed by atoms with E-state index >= 15 is 0 Å². The third-order valence-electron chi connectivity index (χ3n) is 5.69. The lowest BCUT2D eigenvalue weighted by Gasteiger charge is -2.16. The van der Waals surface area contributed by atoms with E-state index in [2.05, 4.69) is 10.6 Å². The minimum atomic E-state index is -0.176. The van der Waals surface area contributed by atoms with Gasteiger partial charge in [0.2, 0.25) is 0 Å². The van der Waals surface area contributed by atoms with Gasteiger partial charge in [-0.25, -0.2) is 4.79 Å². The lowest BCUT2D eigenvalue weighted by molar-refractivity contribution is 0.0954. The summed E-state index contributed by atoms with van der Waals surface area (Å²) < 4.78 is 10.7. The number of carbonyl (C=O) groups excluding carboxylic acids is 2. The summed E-state index contributed by atoms with van der Waals surface area (Å²) in [4.78, 5) is 26.9. The molecule has 3 aromatic carbocycles. The Balaban J connectivity index is 1.29. The maximum Gasteiger partial charge on any atom is 0.322 e. The van der Waals surface area contributed by atoms with Crippen molar-refractivity contribution in [1.29, 1.82) is 0 Å². The summed E-state index contributed by atoms with van der Waals surface area (Å²) in [6.45, 7) is 1.65. The molecule has 0 saturated heterocycles. The normalized spacial score (nSPS) is 12.1. The zero-order valence-electron chi connectivity index (χ0n) is 18.8. The van der Waals surface area contributed by atoms with Crippen molar-refractivity contribution in [3.05, 3.63) is 89.0 Å². The highest BCUT2D eigenvalue weighted by atomic mass is 16.5. The van der Waals surface area contributed by atoms with Gasteiger partial charge >= 0.3 is 6.03 Å². The van der Waals surface area contributed by atoms with Crippen molar-refractivity contribution in [3.8, 4) is 11.5 Å². The smallest absolute Gasteiger partial charge is 0.322 e. The SMILES string of the molecule is COc1cccc(CCNC(=O)c2ccc(NC(=O)N3Cc4ccccc4C3)cc2)c1OC. The molecule has 0 atom stereocenters. The van der Waals surface area contributed by atoms with Gasteiger partial charge < -0.3 is 25.0 Å². The number of fused-ring (bicyclic) bond motifs is 1. The van der Waals surface area contributed by atoms with Crippen molar-refractivity contribution in [1.82, 2.24) is 10.2 Å². The predicted molar refractivity (Wildman–Crippen MR) is 127 cm³/mol. The Labute approximate surface area is 193 Å². The first kappa shape index (κ1) is 22.2. The first-order valence-electron chi connectivity index (χ1n) is 10.8. The second kappa shape index (κ2) is 10.1. The molecule has 0 fully saturated rings. The molecule has 2 N–H and O–H groups in total. The van der Waals surface area contributed by atoms with E-state index in [1.54, 1.807) is 43.4 Å². The summed E-state index contributed by atoms with van der Waals surface area (Å²) in [5, 5.41) is 5.82. The van der Waals surface area contributed by atoms with Gasteiger partial charge in [0.05, 0.1) is 14.2 Å². The monoisotopic (exact) mass is 445 g/mol. The number of hydrogen-bond acceptors (Lipinski definition) is 4. The Kier molecular flexibility index (Phi) is 6.78. The van der Waals surface area contributed by atoms with Crippen LogP contribution < -0.4 is 20.1 Å². The van der Waals surface area contributed by atoms with E-state index in [4.69, 9.17) is 9.47 Å². The van der Waals surface area contributed by atoms with Gasteiger partial charge in [-0.05, 0) is 53.4 Å². The van der Waals surface area contributed by atoms with E-state index in [0.29, 0.717) is 48.8 Å². The molecule has 0 spiro atoms. The molecule has 0 aromatic heterocycles. The molecule has 0 radical (unpaired) electrons. The van der Waals surface area contributed by atoms with E-state index in [9.17, 15) is 9.59 Å². The lowest BCUT2D eigenvalue weighted by atomic mass is 10.1. The molecular weight excluding hydrogens is 418 g/mol. The first-order chi connectivity index (χ1) is 16.1. The molecule has 0 bridgehead atoms. The van der Waals surface area contributed by atoms with E-state index in [-0.39, 0.29) is 11.9 Å². The molecular formula is C26H27N3O4. The fraction of sp³-hybridized carbons (Fsp3) is 0.231. The number of para-hydroxylation sites is 1. The summed E-state index contributed by atoms with van der Waals surface area (Å²) in [7, 11) is 3.20. The number of rotatable bonds is 7. The Morgan fingerprint density at radius 3 is 2.21 bits per heavy atom. The maximum absolute atomic E-state index is 12.6. The van der Waals surface area contributed by atoms with Crippen molar-refractivity contribution in [2.75, 3.05) is 26.1 Å². The van der Waals surface area contributed by atoms with Gasteiger partial charge in [-0.2, -0.15) is 0 Å². The van der Waals surface area contributed by atoms with Gasteiger partial charge in [0.1, 0.15) is 0 Å². The van der Waals surface area contributed by atoms with E-state index in [1.807, 2.05) is 42.5 Å². The molecule has 0 aliphatic carbocycles. The summed E-state index contributed by atoms with van der Waals surface area (Å²) in [5.41, 5.74) is 4.48. The quantitative estimate of drug-likeness (QED) is 0.571. The Hall–Kier alpha value is -4.00. The van der Waals surface area contributed by atoms with Crippen LogP contribution in [0.25, 0.3) is 0 Å². The average Bonchev–Trinajstić information content (AvgIpc) is 3.29. The Morgan fingerprint density at radius 1 is 0.879 bits per heavy atom. The largest absolute Gasteiger partial charge is 0.493 e. The molecule has 7 heteroatoms. The molecule has 33 heavy (non-hydrogen) atoms. The van der Waals surface area contributed by atoms with Crippen molar-refractivity contribution >= 4 is 17.6 Å². The molecule has 0 unspecified atom stereocenters. The molecule has 4 rings (SSSR count). The highest BCUT2D eigenvalue weighted by Crippen LogP contribution is 2.30. The zero-order chi connectivity index (χ0) is 23.2. The Morgan fingerprint density at radius 2 is 1.58 bits per heavy atom. The van der Waals surface area contributed by atoms with Crippen LogP contribution in [0.5, 0.6) is 11.5 Å². The van der Waals surface area contributed by atoms with Crippen LogP contribution in [0.15, 0.2) is 66.7 Å². The number of ether oxygens (including phenoxy) is 2. The van der Waals surface area contributed by atoms with Crippen molar-refractivity contribution in [2.24, 2.45) is 0 Å². The number of hydrogen-bond donors (Lipinski definition) is 2. The number of methoxy groups -OCH3 is 2. The van der Waals surface area contributed by atoms with Crippen molar-refractivity contribution < 1.29 is 19.1 Å². The molecule has 3 aromatic rings. The van der Waals surface area contributed by atoms with Crippen LogP contribution in [0.1, 0.15) is 27.0 Å². The minimum Gasteiger partial charge on any atom is -0.493 e. The molecule has 7 nitrogen and oxygen atoms in total. The van der Waals surface area contributed by atoms with Crippen LogP contribution in [0, 0.1) is 0 Å². The number of carbonyl (C=O) groups is 2. The van der Waals surface area contributed by atoms with Crippen LogP contribution in [0.2, 0.25) is 0 Å². The number of nitrogens with zero attached hydrogens (tertiary/aromatic N) is 1. The van der Waals surface area contributed by atoms with E-state index in [1.165, 1.54) is 11.1 Å². The van der Waals surface area contributed by atoms with Gasteiger partial charge in [-0.15, -0.1) is 0 Å². The third kappa shape index (κ3) is 5.09. The standard InChI is InChI=1S/C26H27N3O4/c1-32-23-9-5-8-18(24(23)33-2)14-15-27-25(30)19-10-12-22(13-11-19)28-26(31)29-16-20-6-3-4-7-21(20)17-29/h3-13H,14-17H2,1-2H3,(H,27,30)(H,28,31). The molecule has 170 valence electrons. The van der Waals surface area contributed by atoms with Gasteiger partial charge in [0.25, 0.3) is 5.91 Å². The molecule has 1 aliphatic rings. The summed E-state index contributed by atoms with van der Waals surface area (Å²) in [5.74, 6) is 1.16. The zero-order valence-corrected chi connectivity index (χ0v) is 18.8. The highest BCUT2D eigenvalue weighted by molar-refractivity contribution is 5.95. The number of amides is 3. The second-order valence-corrected chi connectivity index (χ2v) is 7.79.